The number of carbonyl (C=O) groups is 1. The number of aryl methyl sites for hydroxylation is 1. The van der Waals surface area contributed by atoms with E-state index in [0.717, 1.165) is 11.1 Å². The van der Waals surface area contributed by atoms with Gasteiger partial charge in [-0.1, -0.05) is 35.9 Å². The number of hydrogen-bond acceptors (Lipinski definition) is 3. The van der Waals surface area contributed by atoms with Crippen LogP contribution in [0.15, 0.2) is 54.7 Å². The lowest BCUT2D eigenvalue weighted by atomic mass is 10.1. The molecule has 0 aliphatic carbocycles. The Hall–Kier alpha value is -3.15. The maximum absolute atomic E-state index is 11.7. The molecule has 6 nitrogen and oxygen atoms in total. The van der Waals surface area contributed by atoms with Crippen LogP contribution in [0.5, 0.6) is 0 Å². The van der Waals surface area contributed by atoms with Crippen molar-refractivity contribution in [3.63, 3.8) is 0 Å². The normalized spacial score (nSPS) is 10.4. The van der Waals surface area contributed by atoms with E-state index in [4.69, 9.17) is 0 Å². The fourth-order valence-corrected chi connectivity index (χ4v) is 1.85. The summed E-state index contributed by atoms with van der Waals surface area (Å²) >= 11 is 0. The summed E-state index contributed by atoms with van der Waals surface area (Å²) in [5.41, 5.74) is 2.38. The summed E-state index contributed by atoms with van der Waals surface area (Å²) in [4.78, 5) is 21.9. The second kappa shape index (κ2) is 7.03. The first-order chi connectivity index (χ1) is 10.5. The predicted octanol–water partition coefficient (Wildman–Crippen LogP) is 3.70. The number of nitrogens with one attached hydrogen (secondary N) is 2. The lowest BCUT2D eigenvalue weighted by Crippen LogP contribution is -2.23. The van der Waals surface area contributed by atoms with Gasteiger partial charge in [0, 0.05) is 24.0 Å². The average Bonchev–Trinajstić information content (AvgIpc) is 2.47. The minimum Gasteiger partial charge on any atom is -0.314 e. The Balaban J connectivity index is 1.93. The van der Waals surface area contributed by atoms with Crippen molar-refractivity contribution in [2.24, 2.45) is 0 Å². The van der Waals surface area contributed by atoms with E-state index in [1.54, 1.807) is 12.1 Å². The Morgan fingerprint density at radius 2 is 1.95 bits per heavy atom. The molecule has 0 saturated carbocycles. The predicted molar refractivity (Wildman–Crippen MR) is 85.5 cm³/mol. The van der Waals surface area contributed by atoms with Gasteiger partial charge in [-0.25, -0.2) is 4.79 Å². The number of rotatable bonds is 4. The fraction of sp³-hybridized carbons (Fsp3) is 0.0625. The van der Waals surface area contributed by atoms with E-state index in [9.17, 15) is 14.9 Å². The standard InChI is InChI=1S/C16H15N3O3/c1-12-4-2-5-13(10-12)8-9-17-16(20)18-14-6-3-7-15(11-14)19(21)22/h2-11H,1H3,(H2,17,18,20)/b9-8+. The average molecular weight is 297 g/mol. The molecule has 0 aliphatic heterocycles. The Kier molecular flexibility index (Phi) is 4.87. The summed E-state index contributed by atoms with van der Waals surface area (Å²) < 4.78 is 0. The van der Waals surface area contributed by atoms with Crippen molar-refractivity contribution < 1.29 is 9.72 Å². The van der Waals surface area contributed by atoms with Crippen molar-refractivity contribution in [1.82, 2.24) is 5.32 Å². The van der Waals surface area contributed by atoms with Gasteiger partial charge in [-0.05, 0) is 24.6 Å². The monoisotopic (exact) mass is 297 g/mol. The molecule has 2 rings (SSSR count). The van der Waals surface area contributed by atoms with E-state index in [1.807, 2.05) is 31.2 Å². The number of hydrogen-bond donors (Lipinski definition) is 2. The van der Waals surface area contributed by atoms with Crippen LogP contribution in [0, 0.1) is 17.0 Å². The van der Waals surface area contributed by atoms with Crippen LogP contribution in [0.3, 0.4) is 0 Å². The fourth-order valence-electron chi connectivity index (χ4n) is 1.85. The highest BCUT2D eigenvalue weighted by Gasteiger charge is 2.07. The number of urea groups is 1. The molecule has 112 valence electrons. The van der Waals surface area contributed by atoms with Gasteiger partial charge < -0.3 is 10.6 Å². The zero-order valence-corrected chi connectivity index (χ0v) is 11.9. The summed E-state index contributed by atoms with van der Waals surface area (Å²) in [5.74, 6) is 0. The molecule has 0 atom stereocenters. The molecule has 0 radical (unpaired) electrons. The van der Waals surface area contributed by atoms with Crippen LogP contribution < -0.4 is 10.6 Å². The van der Waals surface area contributed by atoms with Gasteiger partial charge >= 0.3 is 6.03 Å². The number of nitro groups is 1. The van der Waals surface area contributed by atoms with Crippen molar-refractivity contribution in [1.29, 1.82) is 0 Å². The molecule has 0 heterocycles. The molecular formula is C16H15N3O3. The second-order valence-electron chi connectivity index (χ2n) is 4.65. The van der Waals surface area contributed by atoms with E-state index >= 15 is 0 Å². The van der Waals surface area contributed by atoms with Gasteiger partial charge in [0.25, 0.3) is 5.69 Å². The molecule has 2 amide bonds. The third-order valence-corrected chi connectivity index (χ3v) is 2.85. The lowest BCUT2D eigenvalue weighted by molar-refractivity contribution is -0.384. The van der Waals surface area contributed by atoms with Crippen LogP contribution in [0.4, 0.5) is 16.2 Å². The first-order valence-electron chi connectivity index (χ1n) is 6.60. The van der Waals surface area contributed by atoms with Crippen molar-refractivity contribution in [3.05, 3.63) is 76.0 Å². The van der Waals surface area contributed by atoms with Crippen molar-refractivity contribution in [2.45, 2.75) is 6.92 Å². The molecule has 0 aromatic heterocycles. The maximum Gasteiger partial charge on any atom is 0.323 e. The molecule has 0 fully saturated rings. The topological polar surface area (TPSA) is 84.3 Å². The number of carbonyl (C=O) groups excluding carboxylic acids is 1. The summed E-state index contributed by atoms with van der Waals surface area (Å²) in [6.45, 7) is 1.99. The van der Waals surface area contributed by atoms with Gasteiger partial charge in [0.15, 0.2) is 0 Å². The highest BCUT2D eigenvalue weighted by Crippen LogP contribution is 2.16. The van der Waals surface area contributed by atoms with E-state index in [0.29, 0.717) is 5.69 Å². The molecule has 0 unspecified atom stereocenters. The van der Waals surface area contributed by atoms with Gasteiger partial charge in [-0.3, -0.25) is 10.1 Å². The molecule has 2 aromatic carbocycles. The van der Waals surface area contributed by atoms with Crippen LogP contribution in [-0.4, -0.2) is 11.0 Å². The number of anilines is 1. The molecule has 0 saturated heterocycles. The van der Waals surface area contributed by atoms with Gasteiger partial charge in [0.05, 0.1) is 4.92 Å². The van der Waals surface area contributed by atoms with E-state index in [2.05, 4.69) is 10.6 Å². The molecule has 22 heavy (non-hydrogen) atoms. The van der Waals surface area contributed by atoms with E-state index in [-0.39, 0.29) is 5.69 Å². The zero-order valence-electron chi connectivity index (χ0n) is 11.9. The zero-order chi connectivity index (χ0) is 15.9. The maximum atomic E-state index is 11.7. The van der Waals surface area contributed by atoms with Gasteiger partial charge in [0.2, 0.25) is 0 Å². The summed E-state index contributed by atoms with van der Waals surface area (Å²) in [6, 6.07) is 13.1. The van der Waals surface area contributed by atoms with Crippen molar-refractivity contribution in [3.8, 4) is 0 Å². The SMILES string of the molecule is Cc1cccc(/C=C/NC(=O)Nc2cccc([N+](=O)[O-])c2)c1. The summed E-state index contributed by atoms with van der Waals surface area (Å²) in [5, 5.41) is 15.7. The molecule has 0 bridgehead atoms. The highest BCUT2D eigenvalue weighted by molar-refractivity contribution is 5.90. The molecule has 0 spiro atoms. The first kappa shape index (κ1) is 15.2. The number of benzene rings is 2. The highest BCUT2D eigenvalue weighted by atomic mass is 16.6. The largest absolute Gasteiger partial charge is 0.323 e. The number of non-ortho nitro benzene ring substituents is 1. The Labute approximate surface area is 127 Å². The third kappa shape index (κ3) is 4.45. The quantitative estimate of drug-likeness (QED) is 0.666. The van der Waals surface area contributed by atoms with Crippen molar-refractivity contribution >= 4 is 23.5 Å². The van der Waals surface area contributed by atoms with E-state index < -0.39 is 11.0 Å². The van der Waals surface area contributed by atoms with Crippen LogP contribution in [0.25, 0.3) is 6.08 Å². The first-order valence-corrected chi connectivity index (χ1v) is 6.60. The Morgan fingerprint density at radius 1 is 1.18 bits per heavy atom. The van der Waals surface area contributed by atoms with Crippen molar-refractivity contribution in [2.75, 3.05) is 5.32 Å². The molecule has 2 N–H and O–H groups in total. The Bertz CT molecular complexity index is 726. The minimum atomic E-state index is -0.513. The summed E-state index contributed by atoms with van der Waals surface area (Å²) in [6.07, 6.45) is 3.28. The molecule has 2 aromatic rings. The summed E-state index contributed by atoms with van der Waals surface area (Å²) in [7, 11) is 0. The second-order valence-corrected chi connectivity index (χ2v) is 4.65. The van der Waals surface area contributed by atoms with Crippen LogP contribution >= 0.6 is 0 Å². The minimum absolute atomic E-state index is 0.0758. The van der Waals surface area contributed by atoms with Crippen LogP contribution in [-0.2, 0) is 0 Å². The third-order valence-electron chi connectivity index (χ3n) is 2.85. The smallest absolute Gasteiger partial charge is 0.314 e. The Morgan fingerprint density at radius 3 is 2.68 bits per heavy atom. The van der Waals surface area contributed by atoms with Gasteiger partial charge in [0.1, 0.15) is 0 Å². The van der Waals surface area contributed by atoms with Gasteiger partial charge in [-0.15, -0.1) is 0 Å². The molecule has 0 aliphatic rings. The lowest BCUT2D eigenvalue weighted by Gasteiger charge is -2.04. The van der Waals surface area contributed by atoms with Gasteiger partial charge in [-0.2, -0.15) is 0 Å². The molecule has 6 heteroatoms. The number of nitrogens with zero attached hydrogens (tertiary/aromatic N) is 1. The molecular weight excluding hydrogens is 282 g/mol. The number of amides is 2. The number of nitro benzene ring substituents is 1. The van der Waals surface area contributed by atoms with E-state index in [1.165, 1.54) is 24.4 Å². The van der Waals surface area contributed by atoms with Crippen LogP contribution in [0.1, 0.15) is 11.1 Å². The van der Waals surface area contributed by atoms with Crippen LogP contribution in [0.2, 0.25) is 0 Å².